The molecule has 0 spiro atoms. The molecule has 1 aliphatic heterocycles. The van der Waals surface area contributed by atoms with Gasteiger partial charge in [0.2, 0.25) is 0 Å². The topological polar surface area (TPSA) is 32.7 Å². The summed E-state index contributed by atoms with van der Waals surface area (Å²) in [5, 5.41) is 8.96. The molecule has 78 valence electrons. The van der Waals surface area contributed by atoms with E-state index < -0.39 is 0 Å². The molecule has 3 heteroatoms. The van der Waals surface area contributed by atoms with Crippen molar-refractivity contribution in [2.24, 2.45) is 5.92 Å². The van der Waals surface area contributed by atoms with Gasteiger partial charge in [-0.2, -0.15) is 0 Å². The largest absolute Gasteiger partial charge is 0.396 e. The van der Waals surface area contributed by atoms with Crippen LogP contribution in [0.2, 0.25) is 0 Å². The van der Waals surface area contributed by atoms with E-state index in [1.165, 1.54) is 0 Å². The van der Waals surface area contributed by atoms with Crippen molar-refractivity contribution in [3.63, 3.8) is 0 Å². The molecule has 3 nitrogen and oxygen atoms in total. The van der Waals surface area contributed by atoms with Crippen LogP contribution in [0.1, 0.15) is 20.3 Å². The molecule has 1 aliphatic rings. The highest BCUT2D eigenvalue weighted by atomic mass is 16.5. The Labute approximate surface area is 80.7 Å². The third kappa shape index (κ3) is 3.63. The molecule has 0 aliphatic carbocycles. The summed E-state index contributed by atoms with van der Waals surface area (Å²) in [5.74, 6) is 0.494. The van der Waals surface area contributed by atoms with Gasteiger partial charge in [0.05, 0.1) is 6.10 Å². The van der Waals surface area contributed by atoms with Gasteiger partial charge in [-0.25, -0.2) is 0 Å². The average molecular weight is 187 g/mol. The quantitative estimate of drug-likeness (QED) is 0.688. The van der Waals surface area contributed by atoms with E-state index in [0.29, 0.717) is 18.6 Å². The number of ether oxygens (including phenoxy) is 1. The minimum atomic E-state index is 0.322. The van der Waals surface area contributed by atoms with Gasteiger partial charge in [-0.15, -0.1) is 0 Å². The first kappa shape index (κ1) is 11.0. The van der Waals surface area contributed by atoms with Crippen LogP contribution >= 0.6 is 0 Å². The zero-order valence-corrected chi connectivity index (χ0v) is 8.70. The summed E-state index contributed by atoms with van der Waals surface area (Å²) < 4.78 is 5.47. The predicted molar refractivity (Wildman–Crippen MR) is 52.7 cm³/mol. The molecule has 0 aromatic rings. The van der Waals surface area contributed by atoms with Gasteiger partial charge in [-0.3, -0.25) is 0 Å². The predicted octanol–water partition coefficient (Wildman–Crippen LogP) is 0.726. The number of rotatable bonds is 5. The van der Waals surface area contributed by atoms with Crippen LogP contribution in [-0.2, 0) is 4.74 Å². The monoisotopic (exact) mass is 187 g/mol. The van der Waals surface area contributed by atoms with Crippen molar-refractivity contribution in [2.45, 2.75) is 26.4 Å². The smallest absolute Gasteiger partial charge is 0.0673 e. The minimum absolute atomic E-state index is 0.322. The Hall–Kier alpha value is -0.120. The highest BCUT2D eigenvalue weighted by Crippen LogP contribution is 2.15. The Bertz CT molecular complexity index is 141. The fourth-order valence-electron chi connectivity index (χ4n) is 1.93. The van der Waals surface area contributed by atoms with Crippen molar-refractivity contribution in [1.29, 1.82) is 0 Å². The van der Waals surface area contributed by atoms with Crippen LogP contribution in [0, 0.1) is 5.92 Å². The first-order valence-electron chi connectivity index (χ1n) is 5.21. The van der Waals surface area contributed by atoms with E-state index in [-0.39, 0.29) is 0 Å². The van der Waals surface area contributed by atoms with Crippen molar-refractivity contribution in [2.75, 3.05) is 32.8 Å². The number of likely N-dealkylation sites (tertiary alicyclic amines) is 1. The zero-order valence-electron chi connectivity index (χ0n) is 8.70. The van der Waals surface area contributed by atoms with Crippen molar-refractivity contribution < 1.29 is 9.84 Å². The molecule has 0 aromatic heterocycles. The third-order valence-electron chi connectivity index (χ3n) is 2.59. The molecule has 0 bridgehead atoms. The molecular weight excluding hydrogens is 166 g/mol. The molecule has 0 radical (unpaired) electrons. The Morgan fingerprint density at radius 1 is 1.62 bits per heavy atom. The van der Waals surface area contributed by atoms with Crippen molar-refractivity contribution >= 4 is 0 Å². The molecule has 0 aromatic carbocycles. The Balaban J connectivity index is 2.16. The Morgan fingerprint density at radius 3 is 2.92 bits per heavy atom. The van der Waals surface area contributed by atoms with Gasteiger partial charge in [-0.1, -0.05) is 0 Å². The second kappa shape index (κ2) is 5.58. The fourth-order valence-corrected chi connectivity index (χ4v) is 1.93. The lowest BCUT2D eigenvalue weighted by atomic mass is 10.1. The first-order valence-corrected chi connectivity index (χ1v) is 5.21. The van der Waals surface area contributed by atoms with Crippen molar-refractivity contribution in [3.05, 3.63) is 0 Å². The summed E-state index contributed by atoms with van der Waals surface area (Å²) in [6, 6.07) is 0. The van der Waals surface area contributed by atoms with Crippen LogP contribution in [0.5, 0.6) is 0 Å². The summed E-state index contributed by atoms with van der Waals surface area (Å²) in [7, 11) is 0. The van der Waals surface area contributed by atoms with Gasteiger partial charge in [0.15, 0.2) is 0 Å². The third-order valence-corrected chi connectivity index (χ3v) is 2.59. The lowest BCUT2D eigenvalue weighted by Gasteiger charge is -2.20. The van der Waals surface area contributed by atoms with Crippen LogP contribution in [0.4, 0.5) is 0 Å². The lowest BCUT2D eigenvalue weighted by molar-refractivity contribution is 0.0499. The minimum Gasteiger partial charge on any atom is -0.396 e. The van der Waals surface area contributed by atoms with Crippen LogP contribution in [0.25, 0.3) is 0 Å². The SMILES string of the molecule is CCOC(C)CN1CCC(CO)C1. The van der Waals surface area contributed by atoms with Gasteiger partial charge in [-0.05, 0) is 32.7 Å². The van der Waals surface area contributed by atoms with Gasteiger partial charge < -0.3 is 14.7 Å². The molecule has 2 unspecified atom stereocenters. The lowest BCUT2D eigenvalue weighted by Crippen LogP contribution is -2.31. The van der Waals surface area contributed by atoms with Crippen LogP contribution in [-0.4, -0.2) is 49.0 Å². The summed E-state index contributed by atoms with van der Waals surface area (Å²) in [4.78, 5) is 2.38. The highest BCUT2D eigenvalue weighted by molar-refractivity contribution is 4.76. The number of hydrogen-bond donors (Lipinski definition) is 1. The maximum absolute atomic E-state index is 8.96. The van der Waals surface area contributed by atoms with Crippen molar-refractivity contribution in [3.8, 4) is 0 Å². The van der Waals surface area contributed by atoms with Crippen LogP contribution < -0.4 is 0 Å². The Kier molecular flexibility index (Phi) is 4.70. The normalized spacial score (nSPS) is 26.5. The molecule has 1 rings (SSSR count). The molecule has 1 N–H and O–H groups in total. The van der Waals surface area contributed by atoms with E-state index in [9.17, 15) is 0 Å². The number of hydrogen-bond acceptors (Lipinski definition) is 3. The summed E-state index contributed by atoms with van der Waals surface area (Å²) in [6.07, 6.45) is 1.46. The molecule has 2 atom stereocenters. The fraction of sp³-hybridized carbons (Fsp3) is 1.00. The maximum atomic E-state index is 8.96. The van der Waals surface area contributed by atoms with E-state index in [1.54, 1.807) is 0 Å². The summed E-state index contributed by atoms with van der Waals surface area (Å²) >= 11 is 0. The second-order valence-corrected chi connectivity index (χ2v) is 3.86. The van der Waals surface area contributed by atoms with E-state index in [0.717, 1.165) is 32.7 Å². The standard InChI is InChI=1S/C10H21NO2/c1-3-13-9(2)6-11-5-4-10(7-11)8-12/h9-10,12H,3-8H2,1-2H3. The number of aliphatic hydroxyl groups excluding tert-OH is 1. The van der Waals surface area contributed by atoms with Gasteiger partial charge >= 0.3 is 0 Å². The average Bonchev–Trinajstić information content (AvgIpc) is 2.52. The maximum Gasteiger partial charge on any atom is 0.0673 e. The van der Waals surface area contributed by atoms with E-state index in [1.807, 2.05) is 6.92 Å². The number of aliphatic hydroxyl groups is 1. The van der Waals surface area contributed by atoms with Crippen molar-refractivity contribution in [1.82, 2.24) is 4.90 Å². The van der Waals surface area contributed by atoms with E-state index >= 15 is 0 Å². The molecule has 1 fully saturated rings. The summed E-state index contributed by atoms with van der Waals surface area (Å²) in [6.45, 7) is 8.41. The molecule has 0 amide bonds. The molecular formula is C10H21NO2. The Morgan fingerprint density at radius 2 is 2.38 bits per heavy atom. The molecule has 1 saturated heterocycles. The van der Waals surface area contributed by atoms with Gasteiger partial charge in [0.1, 0.15) is 0 Å². The second-order valence-electron chi connectivity index (χ2n) is 3.86. The summed E-state index contributed by atoms with van der Waals surface area (Å²) in [5.41, 5.74) is 0. The van der Waals surface area contributed by atoms with Crippen LogP contribution in [0.15, 0.2) is 0 Å². The van der Waals surface area contributed by atoms with E-state index in [2.05, 4.69) is 11.8 Å². The zero-order chi connectivity index (χ0) is 9.68. The number of nitrogens with zero attached hydrogens (tertiary/aromatic N) is 1. The molecule has 1 heterocycles. The van der Waals surface area contributed by atoms with E-state index in [4.69, 9.17) is 9.84 Å². The van der Waals surface area contributed by atoms with Gasteiger partial charge in [0, 0.05) is 26.3 Å². The molecule has 0 saturated carbocycles. The first-order chi connectivity index (χ1) is 6.26. The van der Waals surface area contributed by atoms with Gasteiger partial charge in [0.25, 0.3) is 0 Å². The highest BCUT2D eigenvalue weighted by Gasteiger charge is 2.22. The molecule has 13 heavy (non-hydrogen) atoms. The van der Waals surface area contributed by atoms with Crippen LogP contribution in [0.3, 0.4) is 0 Å².